The van der Waals surface area contributed by atoms with Gasteiger partial charge in [-0.1, -0.05) is 11.6 Å². The molecule has 1 aromatic rings. The number of hydrogen-bond acceptors (Lipinski definition) is 4. The highest BCUT2D eigenvalue weighted by Crippen LogP contribution is 2.36. The van der Waals surface area contributed by atoms with Gasteiger partial charge in [0, 0.05) is 42.3 Å². The summed E-state index contributed by atoms with van der Waals surface area (Å²) in [5.74, 6) is 1.47. The van der Waals surface area contributed by atoms with Crippen LogP contribution in [0.15, 0.2) is 12.1 Å². The maximum absolute atomic E-state index is 6.17. The molecule has 0 aliphatic carbocycles. The number of nitrogens with zero attached hydrogens (tertiary/aromatic N) is 1. The summed E-state index contributed by atoms with van der Waals surface area (Å²) in [4.78, 5) is 2.32. The molecule has 0 saturated carbocycles. The van der Waals surface area contributed by atoms with Crippen LogP contribution in [0.3, 0.4) is 0 Å². The van der Waals surface area contributed by atoms with Crippen molar-refractivity contribution in [2.24, 2.45) is 5.73 Å². The van der Waals surface area contributed by atoms with Crippen molar-refractivity contribution < 1.29 is 9.47 Å². The summed E-state index contributed by atoms with van der Waals surface area (Å²) in [7, 11) is 1.63. The number of hydrogen-bond donors (Lipinski definition) is 1. The molecular weight excluding hydrogens is 276 g/mol. The molecule has 2 N–H and O–H groups in total. The fraction of sp³-hybridized carbons (Fsp3) is 0.600. The summed E-state index contributed by atoms with van der Waals surface area (Å²) in [6.07, 6.45) is 1.13. The van der Waals surface area contributed by atoms with Gasteiger partial charge in [0.15, 0.2) is 11.5 Å². The average molecular weight is 299 g/mol. The van der Waals surface area contributed by atoms with Crippen LogP contribution in [0, 0.1) is 0 Å². The summed E-state index contributed by atoms with van der Waals surface area (Å²) >= 11 is 6.17. The lowest BCUT2D eigenvalue weighted by Crippen LogP contribution is -2.26. The third-order valence-corrected chi connectivity index (χ3v) is 3.59. The van der Waals surface area contributed by atoms with Gasteiger partial charge < -0.3 is 15.2 Å². The van der Waals surface area contributed by atoms with Crippen molar-refractivity contribution in [1.29, 1.82) is 0 Å². The van der Waals surface area contributed by atoms with Crippen molar-refractivity contribution in [2.45, 2.75) is 39.0 Å². The van der Waals surface area contributed by atoms with E-state index in [0.29, 0.717) is 10.8 Å². The van der Waals surface area contributed by atoms with E-state index in [0.717, 1.165) is 37.4 Å². The van der Waals surface area contributed by atoms with Crippen LogP contribution in [-0.4, -0.2) is 37.2 Å². The molecule has 1 saturated heterocycles. The lowest BCUT2D eigenvalue weighted by Gasteiger charge is -2.21. The van der Waals surface area contributed by atoms with Crippen LogP contribution in [0.4, 0.5) is 0 Å². The average Bonchev–Trinajstić information content (AvgIpc) is 2.77. The molecule has 0 amide bonds. The summed E-state index contributed by atoms with van der Waals surface area (Å²) in [6.45, 7) is 6.72. The normalized spacial score (nSPS) is 19.6. The van der Waals surface area contributed by atoms with Crippen molar-refractivity contribution in [3.8, 4) is 11.5 Å². The van der Waals surface area contributed by atoms with E-state index in [-0.39, 0.29) is 12.1 Å². The first-order valence-electron chi connectivity index (χ1n) is 7.00. The molecular formula is C15H23ClN2O2. The highest BCUT2D eigenvalue weighted by atomic mass is 35.5. The van der Waals surface area contributed by atoms with Crippen molar-refractivity contribution in [3.63, 3.8) is 0 Å². The Morgan fingerprint density at radius 3 is 2.75 bits per heavy atom. The van der Waals surface area contributed by atoms with Crippen molar-refractivity contribution >= 4 is 11.6 Å². The van der Waals surface area contributed by atoms with Crippen LogP contribution in [0.1, 0.15) is 25.8 Å². The molecule has 1 heterocycles. The van der Waals surface area contributed by atoms with Crippen LogP contribution in [0.25, 0.3) is 0 Å². The highest BCUT2D eigenvalue weighted by Gasteiger charge is 2.22. The van der Waals surface area contributed by atoms with Gasteiger partial charge in [-0.3, -0.25) is 4.90 Å². The Hall–Kier alpha value is -0.970. The molecule has 112 valence electrons. The van der Waals surface area contributed by atoms with Gasteiger partial charge in [-0.05, 0) is 26.3 Å². The fourth-order valence-electron chi connectivity index (χ4n) is 2.51. The Morgan fingerprint density at radius 1 is 1.45 bits per heavy atom. The quantitative estimate of drug-likeness (QED) is 0.908. The summed E-state index contributed by atoms with van der Waals surface area (Å²) < 4.78 is 11.3. The zero-order chi connectivity index (χ0) is 14.7. The van der Waals surface area contributed by atoms with E-state index >= 15 is 0 Å². The van der Waals surface area contributed by atoms with Crippen molar-refractivity contribution in [3.05, 3.63) is 22.7 Å². The molecule has 1 atom stereocenters. The minimum absolute atomic E-state index is 0.0876. The van der Waals surface area contributed by atoms with Crippen molar-refractivity contribution in [1.82, 2.24) is 4.90 Å². The van der Waals surface area contributed by atoms with E-state index in [2.05, 4.69) is 4.90 Å². The molecule has 0 unspecified atom stereocenters. The maximum Gasteiger partial charge on any atom is 0.166 e. The van der Waals surface area contributed by atoms with Gasteiger partial charge in [-0.15, -0.1) is 0 Å². The lowest BCUT2D eigenvalue weighted by atomic mass is 10.1. The van der Waals surface area contributed by atoms with Gasteiger partial charge in [0.25, 0.3) is 0 Å². The molecule has 1 aromatic carbocycles. The Bertz CT molecular complexity index is 465. The predicted molar refractivity (Wildman–Crippen MR) is 81.6 cm³/mol. The Balaban J connectivity index is 2.26. The molecule has 4 nitrogen and oxygen atoms in total. The van der Waals surface area contributed by atoms with E-state index in [1.807, 2.05) is 19.9 Å². The molecule has 20 heavy (non-hydrogen) atoms. The lowest BCUT2D eigenvalue weighted by molar-refractivity contribution is 0.222. The number of benzene rings is 1. The summed E-state index contributed by atoms with van der Waals surface area (Å²) in [6, 6.07) is 4.01. The second-order valence-electron chi connectivity index (χ2n) is 5.55. The zero-order valence-corrected chi connectivity index (χ0v) is 13.1. The number of halogens is 1. The Labute approximate surface area is 125 Å². The molecule has 5 heteroatoms. The minimum atomic E-state index is 0.0876. The van der Waals surface area contributed by atoms with E-state index in [4.69, 9.17) is 26.8 Å². The molecule has 1 aliphatic heterocycles. The molecule has 0 radical (unpaired) electrons. The van der Waals surface area contributed by atoms with Gasteiger partial charge in [0.05, 0.1) is 13.2 Å². The van der Waals surface area contributed by atoms with Gasteiger partial charge in [-0.25, -0.2) is 0 Å². The fourth-order valence-corrected chi connectivity index (χ4v) is 2.74. The number of methoxy groups -OCH3 is 1. The Morgan fingerprint density at radius 2 is 2.20 bits per heavy atom. The van der Waals surface area contributed by atoms with E-state index in [1.165, 1.54) is 0 Å². The maximum atomic E-state index is 6.17. The molecule has 0 spiro atoms. The van der Waals surface area contributed by atoms with Crippen LogP contribution < -0.4 is 15.2 Å². The molecule has 1 fully saturated rings. The number of nitrogens with two attached hydrogens (primary N) is 1. The van der Waals surface area contributed by atoms with E-state index < -0.39 is 0 Å². The number of ether oxygens (including phenoxy) is 2. The first-order valence-corrected chi connectivity index (χ1v) is 7.38. The van der Waals surface area contributed by atoms with Gasteiger partial charge in [-0.2, -0.15) is 0 Å². The molecule has 0 bridgehead atoms. The van der Waals surface area contributed by atoms with Gasteiger partial charge >= 0.3 is 0 Å². The predicted octanol–water partition coefficient (Wildman–Crippen LogP) is 2.67. The second-order valence-corrected chi connectivity index (χ2v) is 5.98. The summed E-state index contributed by atoms with van der Waals surface area (Å²) in [5.41, 5.74) is 7.01. The van der Waals surface area contributed by atoms with Crippen LogP contribution in [0.5, 0.6) is 11.5 Å². The first kappa shape index (κ1) is 15.4. The zero-order valence-electron chi connectivity index (χ0n) is 12.4. The topological polar surface area (TPSA) is 47.7 Å². The van der Waals surface area contributed by atoms with Crippen molar-refractivity contribution in [2.75, 3.05) is 20.2 Å². The first-order chi connectivity index (χ1) is 9.49. The van der Waals surface area contributed by atoms with Crippen LogP contribution in [0.2, 0.25) is 5.02 Å². The third-order valence-electron chi connectivity index (χ3n) is 3.37. The standard InChI is InChI=1S/C15H23ClN2O2/c1-10(2)20-15-11(6-12(16)7-14(15)19-3)8-18-5-4-13(17)9-18/h6-7,10,13H,4-5,8-9,17H2,1-3H3/t13-/m0/s1. The smallest absolute Gasteiger partial charge is 0.166 e. The highest BCUT2D eigenvalue weighted by molar-refractivity contribution is 6.30. The van der Waals surface area contributed by atoms with Crippen LogP contribution >= 0.6 is 11.6 Å². The third kappa shape index (κ3) is 3.78. The second kappa shape index (κ2) is 6.66. The SMILES string of the molecule is COc1cc(Cl)cc(CN2CC[C@H](N)C2)c1OC(C)C. The largest absolute Gasteiger partial charge is 0.493 e. The monoisotopic (exact) mass is 298 g/mol. The molecule has 0 aromatic heterocycles. The van der Waals surface area contributed by atoms with Gasteiger partial charge in [0.1, 0.15) is 0 Å². The van der Waals surface area contributed by atoms with Gasteiger partial charge in [0.2, 0.25) is 0 Å². The minimum Gasteiger partial charge on any atom is -0.493 e. The Kier molecular flexibility index (Phi) is 5.13. The summed E-state index contributed by atoms with van der Waals surface area (Å²) in [5, 5.41) is 0.663. The van der Waals surface area contributed by atoms with E-state index in [1.54, 1.807) is 13.2 Å². The number of rotatable bonds is 5. The molecule has 2 rings (SSSR count). The van der Waals surface area contributed by atoms with Crippen LogP contribution in [-0.2, 0) is 6.54 Å². The number of likely N-dealkylation sites (tertiary alicyclic amines) is 1. The molecule has 1 aliphatic rings. The van der Waals surface area contributed by atoms with E-state index in [9.17, 15) is 0 Å².